The van der Waals surface area contributed by atoms with Crippen LogP contribution in [0, 0.1) is 20.8 Å². The lowest BCUT2D eigenvalue weighted by Gasteiger charge is -2.09. The Morgan fingerprint density at radius 1 is 0.821 bits per heavy atom. The SMILES string of the molecule is Cc1cc(C)cc(C(=O)NCCNc2ccc(Nc3cc(C)ccn3)nn2)c1. The highest BCUT2D eigenvalue weighted by atomic mass is 16.1. The minimum atomic E-state index is -0.0788. The molecule has 2 heterocycles. The first-order valence-electron chi connectivity index (χ1n) is 9.13. The maximum absolute atomic E-state index is 12.2. The Morgan fingerprint density at radius 3 is 2.21 bits per heavy atom. The molecule has 28 heavy (non-hydrogen) atoms. The Balaban J connectivity index is 1.45. The average Bonchev–Trinajstić information content (AvgIpc) is 2.65. The van der Waals surface area contributed by atoms with Crippen molar-refractivity contribution in [1.82, 2.24) is 20.5 Å². The maximum Gasteiger partial charge on any atom is 0.251 e. The van der Waals surface area contributed by atoms with E-state index in [-0.39, 0.29) is 5.91 Å². The predicted octanol–water partition coefficient (Wildman–Crippen LogP) is 3.38. The molecule has 0 bridgehead atoms. The number of carbonyl (C=O) groups excluding carboxylic acids is 1. The molecule has 0 atom stereocenters. The van der Waals surface area contributed by atoms with Crippen LogP contribution in [0.3, 0.4) is 0 Å². The number of hydrogen-bond donors (Lipinski definition) is 3. The molecule has 0 aliphatic heterocycles. The highest BCUT2D eigenvalue weighted by Gasteiger charge is 2.06. The molecule has 3 aromatic rings. The van der Waals surface area contributed by atoms with Gasteiger partial charge in [0.2, 0.25) is 0 Å². The van der Waals surface area contributed by atoms with Crippen LogP contribution in [-0.2, 0) is 0 Å². The monoisotopic (exact) mass is 376 g/mol. The third-order valence-corrected chi connectivity index (χ3v) is 4.04. The van der Waals surface area contributed by atoms with Crippen LogP contribution < -0.4 is 16.0 Å². The number of anilines is 3. The van der Waals surface area contributed by atoms with Crippen molar-refractivity contribution in [3.63, 3.8) is 0 Å². The van der Waals surface area contributed by atoms with Gasteiger partial charge in [0, 0.05) is 24.8 Å². The van der Waals surface area contributed by atoms with Crippen molar-refractivity contribution in [2.45, 2.75) is 20.8 Å². The van der Waals surface area contributed by atoms with Crippen molar-refractivity contribution in [3.8, 4) is 0 Å². The third kappa shape index (κ3) is 5.51. The maximum atomic E-state index is 12.2. The molecule has 7 nitrogen and oxygen atoms in total. The van der Waals surface area contributed by atoms with Crippen LogP contribution >= 0.6 is 0 Å². The summed E-state index contributed by atoms with van der Waals surface area (Å²) in [6.07, 6.45) is 1.74. The first-order chi connectivity index (χ1) is 13.5. The molecule has 0 fully saturated rings. The number of carbonyl (C=O) groups is 1. The van der Waals surface area contributed by atoms with E-state index in [4.69, 9.17) is 0 Å². The summed E-state index contributed by atoms with van der Waals surface area (Å²) in [4.78, 5) is 16.5. The second kappa shape index (κ2) is 8.94. The van der Waals surface area contributed by atoms with Crippen molar-refractivity contribution in [2.75, 3.05) is 23.7 Å². The molecular formula is C21H24N6O. The van der Waals surface area contributed by atoms with Crippen molar-refractivity contribution in [3.05, 3.63) is 70.9 Å². The molecule has 1 amide bonds. The molecule has 3 N–H and O–H groups in total. The molecule has 0 unspecified atom stereocenters. The van der Waals surface area contributed by atoms with Gasteiger partial charge in [-0.1, -0.05) is 17.2 Å². The van der Waals surface area contributed by atoms with Gasteiger partial charge in [0.1, 0.15) is 11.6 Å². The van der Waals surface area contributed by atoms with Gasteiger partial charge in [0.05, 0.1) is 0 Å². The molecule has 2 aromatic heterocycles. The van der Waals surface area contributed by atoms with Crippen molar-refractivity contribution in [2.24, 2.45) is 0 Å². The number of pyridine rings is 1. The van der Waals surface area contributed by atoms with Gasteiger partial charge in [-0.3, -0.25) is 4.79 Å². The molecule has 0 aliphatic rings. The van der Waals surface area contributed by atoms with Crippen molar-refractivity contribution < 1.29 is 4.79 Å². The van der Waals surface area contributed by atoms with Crippen LogP contribution in [-0.4, -0.2) is 34.2 Å². The Hall–Kier alpha value is -3.48. The molecular weight excluding hydrogens is 352 g/mol. The first kappa shape index (κ1) is 19.3. The van der Waals surface area contributed by atoms with Gasteiger partial charge >= 0.3 is 0 Å². The molecule has 0 radical (unpaired) electrons. The highest BCUT2D eigenvalue weighted by molar-refractivity contribution is 5.94. The molecule has 1 aromatic carbocycles. The van der Waals surface area contributed by atoms with Crippen LogP contribution in [0.25, 0.3) is 0 Å². The number of amides is 1. The lowest BCUT2D eigenvalue weighted by Crippen LogP contribution is -2.29. The van der Waals surface area contributed by atoms with Gasteiger partial charge in [-0.15, -0.1) is 10.2 Å². The summed E-state index contributed by atoms with van der Waals surface area (Å²) < 4.78 is 0. The molecule has 0 saturated carbocycles. The van der Waals surface area contributed by atoms with Gasteiger partial charge in [-0.05, 0) is 62.7 Å². The zero-order valence-electron chi connectivity index (χ0n) is 16.3. The molecule has 0 spiro atoms. The number of aromatic nitrogens is 3. The topological polar surface area (TPSA) is 91.8 Å². The third-order valence-electron chi connectivity index (χ3n) is 4.04. The second-order valence-electron chi connectivity index (χ2n) is 6.71. The predicted molar refractivity (Wildman–Crippen MR) is 111 cm³/mol. The van der Waals surface area contributed by atoms with Crippen LogP contribution in [0.1, 0.15) is 27.0 Å². The number of rotatable bonds is 7. The highest BCUT2D eigenvalue weighted by Crippen LogP contribution is 2.13. The van der Waals surface area contributed by atoms with Crippen LogP contribution in [0.2, 0.25) is 0 Å². The van der Waals surface area contributed by atoms with E-state index >= 15 is 0 Å². The van der Waals surface area contributed by atoms with E-state index in [0.29, 0.717) is 30.3 Å². The second-order valence-corrected chi connectivity index (χ2v) is 6.71. The Kier molecular flexibility index (Phi) is 6.16. The van der Waals surface area contributed by atoms with Crippen molar-refractivity contribution >= 4 is 23.4 Å². The molecule has 144 valence electrons. The number of nitrogens with one attached hydrogen (secondary N) is 3. The zero-order valence-corrected chi connectivity index (χ0v) is 16.3. The average molecular weight is 376 g/mol. The minimum absolute atomic E-state index is 0.0788. The van der Waals surface area contributed by atoms with Gasteiger partial charge in [0.15, 0.2) is 5.82 Å². The van der Waals surface area contributed by atoms with E-state index in [0.717, 1.165) is 22.5 Å². The summed E-state index contributed by atoms with van der Waals surface area (Å²) in [6, 6.07) is 13.3. The lowest BCUT2D eigenvalue weighted by atomic mass is 10.1. The van der Waals surface area contributed by atoms with Crippen molar-refractivity contribution in [1.29, 1.82) is 0 Å². The van der Waals surface area contributed by atoms with E-state index < -0.39 is 0 Å². The fraction of sp³-hybridized carbons (Fsp3) is 0.238. The largest absolute Gasteiger partial charge is 0.367 e. The minimum Gasteiger partial charge on any atom is -0.367 e. The van der Waals surface area contributed by atoms with Gasteiger partial charge < -0.3 is 16.0 Å². The molecule has 3 rings (SSSR count). The van der Waals surface area contributed by atoms with E-state index in [1.165, 1.54) is 0 Å². The van der Waals surface area contributed by atoms with Gasteiger partial charge in [-0.2, -0.15) is 0 Å². The van der Waals surface area contributed by atoms with Gasteiger partial charge in [-0.25, -0.2) is 4.98 Å². The smallest absolute Gasteiger partial charge is 0.251 e. The molecule has 0 aliphatic carbocycles. The van der Waals surface area contributed by atoms with E-state index in [1.807, 2.05) is 63.2 Å². The van der Waals surface area contributed by atoms with Crippen LogP contribution in [0.5, 0.6) is 0 Å². The van der Waals surface area contributed by atoms with Gasteiger partial charge in [0.25, 0.3) is 5.91 Å². The number of aryl methyl sites for hydroxylation is 3. The Labute approximate surface area is 164 Å². The standard InChI is InChI=1S/C21H24N6O/c1-14-6-7-22-20(13-14)25-19-5-4-18(26-27-19)23-8-9-24-21(28)17-11-15(2)10-16(3)12-17/h4-7,10-13H,8-9H2,1-3H3,(H,23,26)(H,24,28)(H,22,25,27). The van der Waals surface area contributed by atoms with E-state index in [2.05, 4.69) is 31.1 Å². The van der Waals surface area contributed by atoms with Crippen LogP contribution in [0.4, 0.5) is 17.5 Å². The summed E-state index contributed by atoms with van der Waals surface area (Å²) in [6.45, 7) is 7.01. The van der Waals surface area contributed by atoms with Crippen LogP contribution in [0.15, 0.2) is 48.7 Å². The van der Waals surface area contributed by atoms with E-state index in [9.17, 15) is 4.79 Å². The fourth-order valence-electron chi connectivity index (χ4n) is 2.80. The Morgan fingerprint density at radius 2 is 1.54 bits per heavy atom. The molecule has 7 heteroatoms. The summed E-state index contributed by atoms with van der Waals surface area (Å²) in [7, 11) is 0. The summed E-state index contributed by atoms with van der Waals surface area (Å²) in [5.41, 5.74) is 3.95. The first-order valence-corrected chi connectivity index (χ1v) is 9.13. The summed E-state index contributed by atoms with van der Waals surface area (Å²) in [5, 5.41) is 17.4. The Bertz CT molecular complexity index is 935. The summed E-state index contributed by atoms with van der Waals surface area (Å²) >= 11 is 0. The number of nitrogens with zero attached hydrogens (tertiary/aromatic N) is 3. The number of benzene rings is 1. The lowest BCUT2D eigenvalue weighted by molar-refractivity contribution is 0.0955. The fourth-order valence-corrected chi connectivity index (χ4v) is 2.80. The normalized spacial score (nSPS) is 10.4. The number of hydrogen-bond acceptors (Lipinski definition) is 6. The zero-order chi connectivity index (χ0) is 19.9. The molecule has 0 saturated heterocycles. The quantitative estimate of drug-likeness (QED) is 0.548. The summed E-state index contributed by atoms with van der Waals surface area (Å²) in [5.74, 6) is 1.91. The van der Waals surface area contributed by atoms with E-state index in [1.54, 1.807) is 6.20 Å².